The third-order valence-electron chi connectivity index (χ3n) is 6.30. The molecule has 0 radical (unpaired) electrons. The molecule has 1 atom stereocenters. The molecule has 1 aromatic carbocycles. The second-order valence-electron chi connectivity index (χ2n) is 8.48. The van der Waals surface area contributed by atoms with Gasteiger partial charge in [0.25, 0.3) is 0 Å². The third kappa shape index (κ3) is 5.07. The molecule has 1 aliphatic rings. The normalized spacial score (nSPS) is 17.5. The van der Waals surface area contributed by atoms with Gasteiger partial charge in [-0.15, -0.1) is 0 Å². The van der Waals surface area contributed by atoms with Gasteiger partial charge in [-0.3, -0.25) is 14.7 Å². The van der Waals surface area contributed by atoms with Gasteiger partial charge in [-0.05, 0) is 48.6 Å². The van der Waals surface area contributed by atoms with E-state index in [1.165, 1.54) is 11.1 Å². The smallest absolute Gasteiger partial charge is 0.227 e. The Morgan fingerprint density at radius 3 is 2.62 bits per heavy atom. The van der Waals surface area contributed by atoms with Crippen molar-refractivity contribution >= 4 is 5.91 Å². The Bertz CT molecular complexity index is 1020. The summed E-state index contributed by atoms with van der Waals surface area (Å²) in [6.07, 6.45) is 9.26. The number of pyridine rings is 1. The Morgan fingerprint density at radius 1 is 1.03 bits per heavy atom. The summed E-state index contributed by atoms with van der Waals surface area (Å²) in [7, 11) is 0. The predicted molar refractivity (Wildman–Crippen MR) is 127 cm³/mol. The lowest BCUT2D eigenvalue weighted by molar-refractivity contribution is -0.134. The fraction of sp³-hybridized carbons (Fsp3) is 0.423. The van der Waals surface area contributed by atoms with Gasteiger partial charge >= 0.3 is 0 Å². The molecular weight excluding hydrogens is 398 g/mol. The average molecular weight is 432 g/mol. The van der Waals surface area contributed by atoms with E-state index in [0.717, 1.165) is 63.5 Å². The molecule has 3 heterocycles. The van der Waals surface area contributed by atoms with Crippen LogP contribution in [0.25, 0.3) is 11.1 Å². The van der Waals surface area contributed by atoms with E-state index < -0.39 is 0 Å². The van der Waals surface area contributed by atoms with Gasteiger partial charge in [0.15, 0.2) is 0 Å². The Morgan fingerprint density at radius 2 is 1.84 bits per heavy atom. The van der Waals surface area contributed by atoms with Crippen molar-refractivity contribution in [1.29, 1.82) is 0 Å². The van der Waals surface area contributed by atoms with Crippen molar-refractivity contribution in [2.24, 2.45) is 5.92 Å². The molecule has 0 spiro atoms. The van der Waals surface area contributed by atoms with E-state index in [9.17, 15) is 4.79 Å². The van der Waals surface area contributed by atoms with Crippen molar-refractivity contribution in [2.75, 3.05) is 26.2 Å². The van der Waals surface area contributed by atoms with E-state index in [0.29, 0.717) is 0 Å². The van der Waals surface area contributed by atoms with Gasteiger partial charge in [-0.2, -0.15) is 0 Å². The highest BCUT2D eigenvalue weighted by Crippen LogP contribution is 2.27. The molecule has 0 unspecified atom stereocenters. The largest absolute Gasteiger partial charge is 0.341 e. The van der Waals surface area contributed by atoms with Crippen LogP contribution >= 0.6 is 0 Å². The number of hydrogen-bond acceptors (Lipinski definition) is 4. The monoisotopic (exact) mass is 431 g/mol. The van der Waals surface area contributed by atoms with Gasteiger partial charge in [0.1, 0.15) is 5.82 Å². The first kappa shape index (κ1) is 22.2. The lowest BCUT2D eigenvalue weighted by Gasteiger charge is -2.24. The summed E-state index contributed by atoms with van der Waals surface area (Å²) >= 11 is 0. The number of aromatic nitrogens is 3. The van der Waals surface area contributed by atoms with E-state index >= 15 is 0 Å². The van der Waals surface area contributed by atoms with E-state index in [1.54, 1.807) is 0 Å². The first-order chi connectivity index (χ1) is 15.7. The number of nitrogens with zero attached hydrogens (tertiary/aromatic N) is 5. The van der Waals surface area contributed by atoms with Crippen LogP contribution in [0.15, 0.2) is 61.2 Å². The third-order valence-corrected chi connectivity index (χ3v) is 6.30. The molecule has 0 bridgehead atoms. The van der Waals surface area contributed by atoms with Gasteiger partial charge in [-0.1, -0.05) is 31.2 Å². The zero-order valence-corrected chi connectivity index (χ0v) is 19.2. The van der Waals surface area contributed by atoms with Crippen LogP contribution in [0.4, 0.5) is 0 Å². The number of carbonyl (C=O) groups excluding carboxylic acids is 1. The van der Waals surface area contributed by atoms with Crippen LogP contribution in [0.1, 0.15) is 31.7 Å². The molecule has 1 aliphatic heterocycles. The Hall–Kier alpha value is -2.99. The van der Waals surface area contributed by atoms with E-state index in [-0.39, 0.29) is 11.8 Å². The molecule has 1 saturated heterocycles. The highest BCUT2D eigenvalue weighted by molar-refractivity contribution is 5.80. The number of hydrogen-bond donors (Lipinski definition) is 0. The van der Waals surface area contributed by atoms with Crippen LogP contribution in [0.3, 0.4) is 0 Å². The topological polar surface area (TPSA) is 54.3 Å². The fourth-order valence-corrected chi connectivity index (χ4v) is 4.66. The van der Waals surface area contributed by atoms with Crippen LogP contribution in [0.2, 0.25) is 0 Å². The summed E-state index contributed by atoms with van der Waals surface area (Å²) in [6.45, 7) is 9.19. The Balaban J connectivity index is 1.59. The van der Waals surface area contributed by atoms with Crippen LogP contribution in [-0.4, -0.2) is 56.4 Å². The molecule has 4 rings (SSSR count). The minimum absolute atomic E-state index is 0.0722. The standard InChI is InChI=1S/C26H33N5O/c1-3-14-31-17-16-29(20-25-28-13-15-30(25)4-2)19-23(26(31)32)18-22-7-5-6-8-24(22)21-9-11-27-12-10-21/h5-13,15,23H,3-4,14,16-20H2,1-2H3/t23-/m0/s1. The number of rotatable bonds is 8. The van der Waals surface area contributed by atoms with Crippen molar-refractivity contribution in [1.82, 2.24) is 24.3 Å². The summed E-state index contributed by atoms with van der Waals surface area (Å²) in [5.74, 6) is 1.27. The van der Waals surface area contributed by atoms with Crippen LogP contribution in [0.5, 0.6) is 0 Å². The predicted octanol–water partition coefficient (Wildman–Crippen LogP) is 3.88. The van der Waals surface area contributed by atoms with Gasteiger partial charge in [-0.25, -0.2) is 4.98 Å². The lowest BCUT2D eigenvalue weighted by atomic mass is 9.91. The molecule has 1 amide bonds. The van der Waals surface area contributed by atoms with Crippen LogP contribution < -0.4 is 0 Å². The summed E-state index contributed by atoms with van der Waals surface area (Å²) in [6, 6.07) is 12.5. The maximum Gasteiger partial charge on any atom is 0.227 e. The van der Waals surface area contributed by atoms with Crippen molar-refractivity contribution in [2.45, 2.75) is 39.8 Å². The number of carbonyl (C=O) groups is 1. The molecular formula is C26H33N5O. The van der Waals surface area contributed by atoms with E-state index in [4.69, 9.17) is 0 Å². The lowest BCUT2D eigenvalue weighted by Crippen LogP contribution is -2.38. The second kappa shape index (κ2) is 10.6. The SMILES string of the molecule is CCCN1CCN(Cc2nccn2CC)C[C@H](Cc2ccccc2-c2ccncc2)C1=O. The Kier molecular flexibility index (Phi) is 7.32. The number of aryl methyl sites for hydroxylation is 1. The summed E-state index contributed by atoms with van der Waals surface area (Å²) in [4.78, 5) is 26.7. The van der Waals surface area contributed by atoms with Crippen molar-refractivity contribution in [3.63, 3.8) is 0 Å². The number of imidazole rings is 1. The van der Waals surface area contributed by atoms with Gasteiger partial charge in [0.05, 0.1) is 12.5 Å². The molecule has 6 nitrogen and oxygen atoms in total. The van der Waals surface area contributed by atoms with Gasteiger partial charge in [0, 0.05) is 57.5 Å². The summed E-state index contributed by atoms with van der Waals surface area (Å²) < 4.78 is 2.18. The molecule has 0 N–H and O–H groups in total. The Labute approximate surface area is 190 Å². The zero-order valence-electron chi connectivity index (χ0n) is 19.2. The van der Waals surface area contributed by atoms with Crippen molar-refractivity contribution < 1.29 is 4.79 Å². The molecule has 6 heteroatoms. The second-order valence-corrected chi connectivity index (χ2v) is 8.48. The van der Waals surface area contributed by atoms with Crippen molar-refractivity contribution in [3.8, 4) is 11.1 Å². The molecule has 1 fully saturated rings. The molecule has 0 saturated carbocycles. The summed E-state index contributed by atoms with van der Waals surface area (Å²) in [5, 5.41) is 0. The molecule has 3 aromatic rings. The van der Waals surface area contributed by atoms with Gasteiger partial charge in [0.2, 0.25) is 5.91 Å². The van der Waals surface area contributed by atoms with Crippen molar-refractivity contribution in [3.05, 3.63) is 72.6 Å². The first-order valence-electron chi connectivity index (χ1n) is 11.7. The molecule has 168 valence electrons. The maximum absolute atomic E-state index is 13.5. The van der Waals surface area contributed by atoms with E-state index in [1.807, 2.05) is 36.9 Å². The minimum Gasteiger partial charge on any atom is -0.341 e. The van der Waals surface area contributed by atoms with E-state index in [2.05, 4.69) is 62.4 Å². The van der Waals surface area contributed by atoms with Gasteiger partial charge < -0.3 is 9.47 Å². The van der Waals surface area contributed by atoms with Crippen LogP contribution in [0, 0.1) is 5.92 Å². The minimum atomic E-state index is -0.0722. The number of benzene rings is 1. The average Bonchev–Trinajstić information content (AvgIpc) is 3.23. The highest BCUT2D eigenvalue weighted by atomic mass is 16.2. The quantitative estimate of drug-likeness (QED) is 0.543. The zero-order chi connectivity index (χ0) is 22.3. The number of amides is 1. The molecule has 32 heavy (non-hydrogen) atoms. The van der Waals surface area contributed by atoms with Crippen LogP contribution in [-0.2, 0) is 24.3 Å². The highest BCUT2D eigenvalue weighted by Gasteiger charge is 2.31. The fourth-order valence-electron chi connectivity index (χ4n) is 4.66. The first-order valence-corrected chi connectivity index (χ1v) is 11.7. The maximum atomic E-state index is 13.5. The molecule has 2 aromatic heterocycles. The molecule has 0 aliphatic carbocycles. The summed E-state index contributed by atoms with van der Waals surface area (Å²) in [5.41, 5.74) is 3.54.